The molecule has 3 nitrogen and oxygen atoms in total. The Morgan fingerprint density at radius 1 is 1.27 bits per heavy atom. The first-order chi connectivity index (χ1) is 7.27. The van der Waals surface area contributed by atoms with Crippen LogP contribution >= 0.6 is 0 Å². The van der Waals surface area contributed by atoms with E-state index in [1.807, 2.05) is 0 Å². The number of nitrogens with zero attached hydrogens (tertiary/aromatic N) is 1. The van der Waals surface area contributed by atoms with Crippen LogP contribution in [0.5, 0.6) is 0 Å². The number of aliphatic hydroxyl groups is 1. The Hall–Kier alpha value is -0.120. The summed E-state index contributed by atoms with van der Waals surface area (Å²) in [7, 11) is 2.23. The highest BCUT2D eigenvalue weighted by molar-refractivity contribution is 4.84. The summed E-state index contributed by atoms with van der Waals surface area (Å²) in [5, 5.41) is 13.1. The number of aliphatic hydroxyl groups excluding tert-OH is 1. The standard InChI is InChI=1S/C12H24N2O/c1-14(10-4-2-3-5-10)9-7-11-12(15)6-8-13-11/h10-13,15H,2-9H2,1H3. The molecule has 15 heavy (non-hydrogen) atoms. The van der Waals surface area contributed by atoms with Gasteiger partial charge in [0.25, 0.3) is 0 Å². The average Bonchev–Trinajstić information content (AvgIpc) is 2.85. The van der Waals surface area contributed by atoms with E-state index in [2.05, 4.69) is 17.3 Å². The third kappa shape index (κ3) is 2.92. The fourth-order valence-corrected chi connectivity index (χ4v) is 2.92. The maximum absolute atomic E-state index is 9.69. The Morgan fingerprint density at radius 2 is 2.00 bits per heavy atom. The van der Waals surface area contributed by atoms with Crippen LogP contribution in [0, 0.1) is 0 Å². The molecule has 0 aromatic heterocycles. The highest BCUT2D eigenvalue weighted by Crippen LogP contribution is 2.23. The van der Waals surface area contributed by atoms with Gasteiger partial charge in [0, 0.05) is 12.1 Å². The fourth-order valence-electron chi connectivity index (χ4n) is 2.92. The molecule has 1 aliphatic heterocycles. The van der Waals surface area contributed by atoms with Gasteiger partial charge in [0.15, 0.2) is 0 Å². The lowest BCUT2D eigenvalue weighted by Crippen LogP contribution is -2.37. The Balaban J connectivity index is 1.67. The van der Waals surface area contributed by atoms with Crippen LogP contribution in [0.3, 0.4) is 0 Å². The number of hydrogen-bond donors (Lipinski definition) is 2. The van der Waals surface area contributed by atoms with Gasteiger partial charge in [-0.15, -0.1) is 0 Å². The van der Waals surface area contributed by atoms with E-state index in [4.69, 9.17) is 0 Å². The van der Waals surface area contributed by atoms with Crippen molar-refractivity contribution in [2.75, 3.05) is 20.1 Å². The molecule has 88 valence electrons. The van der Waals surface area contributed by atoms with E-state index >= 15 is 0 Å². The smallest absolute Gasteiger partial charge is 0.0705 e. The predicted molar refractivity (Wildman–Crippen MR) is 61.9 cm³/mol. The highest BCUT2D eigenvalue weighted by atomic mass is 16.3. The SMILES string of the molecule is CN(CCC1NCCC1O)C1CCCC1. The summed E-state index contributed by atoms with van der Waals surface area (Å²) in [6.45, 7) is 2.11. The second-order valence-corrected chi connectivity index (χ2v) is 5.12. The van der Waals surface area contributed by atoms with Gasteiger partial charge in [-0.3, -0.25) is 0 Å². The van der Waals surface area contributed by atoms with Crippen molar-refractivity contribution >= 4 is 0 Å². The molecule has 2 unspecified atom stereocenters. The van der Waals surface area contributed by atoms with Gasteiger partial charge in [-0.2, -0.15) is 0 Å². The van der Waals surface area contributed by atoms with Crippen molar-refractivity contribution in [1.29, 1.82) is 0 Å². The van der Waals surface area contributed by atoms with Crippen LogP contribution < -0.4 is 5.32 Å². The number of hydrogen-bond acceptors (Lipinski definition) is 3. The molecule has 2 aliphatic rings. The zero-order valence-corrected chi connectivity index (χ0v) is 9.78. The van der Waals surface area contributed by atoms with Crippen LogP contribution in [0.4, 0.5) is 0 Å². The van der Waals surface area contributed by atoms with E-state index in [-0.39, 0.29) is 6.10 Å². The molecule has 0 aromatic rings. The highest BCUT2D eigenvalue weighted by Gasteiger charge is 2.26. The van der Waals surface area contributed by atoms with Crippen LogP contribution in [0.1, 0.15) is 38.5 Å². The number of nitrogens with one attached hydrogen (secondary N) is 1. The molecule has 3 heteroatoms. The van der Waals surface area contributed by atoms with E-state index in [1.54, 1.807) is 0 Å². The monoisotopic (exact) mass is 212 g/mol. The van der Waals surface area contributed by atoms with E-state index in [0.717, 1.165) is 32.0 Å². The molecule has 0 aromatic carbocycles. The molecule has 2 N–H and O–H groups in total. The van der Waals surface area contributed by atoms with Gasteiger partial charge in [0.05, 0.1) is 6.10 Å². The molecule has 1 saturated carbocycles. The van der Waals surface area contributed by atoms with Crippen LogP contribution in [0.2, 0.25) is 0 Å². The van der Waals surface area contributed by atoms with Gasteiger partial charge in [-0.05, 0) is 45.8 Å². The summed E-state index contributed by atoms with van der Waals surface area (Å²) in [4.78, 5) is 2.49. The lowest BCUT2D eigenvalue weighted by atomic mass is 10.1. The Bertz CT molecular complexity index is 192. The van der Waals surface area contributed by atoms with Crippen molar-refractivity contribution in [3.8, 4) is 0 Å². The molecular weight excluding hydrogens is 188 g/mol. The minimum atomic E-state index is -0.109. The molecule has 2 fully saturated rings. The van der Waals surface area contributed by atoms with Crippen molar-refractivity contribution < 1.29 is 5.11 Å². The van der Waals surface area contributed by atoms with Gasteiger partial charge in [0.1, 0.15) is 0 Å². The molecule has 0 spiro atoms. The van der Waals surface area contributed by atoms with Crippen molar-refractivity contribution in [1.82, 2.24) is 10.2 Å². The zero-order valence-electron chi connectivity index (χ0n) is 9.78. The van der Waals surface area contributed by atoms with Gasteiger partial charge < -0.3 is 15.3 Å². The largest absolute Gasteiger partial charge is 0.391 e. The molecule has 2 atom stereocenters. The summed E-state index contributed by atoms with van der Waals surface area (Å²) < 4.78 is 0. The molecular formula is C12H24N2O. The maximum Gasteiger partial charge on any atom is 0.0705 e. The summed E-state index contributed by atoms with van der Waals surface area (Å²) in [5.74, 6) is 0. The van der Waals surface area contributed by atoms with Crippen LogP contribution in [-0.4, -0.2) is 48.3 Å². The van der Waals surface area contributed by atoms with Crippen molar-refractivity contribution in [2.24, 2.45) is 0 Å². The Morgan fingerprint density at radius 3 is 2.60 bits per heavy atom. The summed E-state index contributed by atoms with van der Waals surface area (Å²) in [6.07, 6.45) is 7.46. The minimum absolute atomic E-state index is 0.109. The molecule has 1 heterocycles. The number of rotatable bonds is 4. The second kappa shape index (κ2) is 5.28. The van der Waals surface area contributed by atoms with E-state index in [9.17, 15) is 5.11 Å². The molecule has 1 aliphatic carbocycles. The molecule has 2 rings (SSSR count). The van der Waals surface area contributed by atoms with Crippen molar-refractivity contribution in [3.63, 3.8) is 0 Å². The lowest BCUT2D eigenvalue weighted by Gasteiger charge is -2.26. The van der Waals surface area contributed by atoms with Gasteiger partial charge in [-0.1, -0.05) is 12.8 Å². The van der Waals surface area contributed by atoms with Crippen molar-refractivity contribution in [2.45, 2.75) is 56.7 Å². The Kier molecular flexibility index (Phi) is 4.00. The van der Waals surface area contributed by atoms with Crippen LogP contribution in [0.25, 0.3) is 0 Å². The molecule has 1 saturated heterocycles. The quantitative estimate of drug-likeness (QED) is 0.729. The third-order valence-corrected chi connectivity index (χ3v) is 4.05. The van der Waals surface area contributed by atoms with E-state index in [0.29, 0.717) is 6.04 Å². The van der Waals surface area contributed by atoms with Crippen LogP contribution in [0.15, 0.2) is 0 Å². The van der Waals surface area contributed by atoms with Crippen molar-refractivity contribution in [3.05, 3.63) is 0 Å². The first-order valence-electron chi connectivity index (χ1n) is 6.39. The Labute approximate surface area is 92.8 Å². The van der Waals surface area contributed by atoms with Gasteiger partial charge in [0.2, 0.25) is 0 Å². The third-order valence-electron chi connectivity index (χ3n) is 4.05. The minimum Gasteiger partial charge on any atom is -0.391 e. The first kappa shape index (κ1) is 11.4. The summed E-state index contributed by atoms with van der Waals surface area (Å²) >= 11 is 0. The average molecular weight is 212 g/mol. The van der Waals surface area contributed by atoms with E-state index in [1.165, 1.54) is 25.7 Å². The van der Waals surface area contributed by atoms with Gasteiger partial charge in [-0.25, -0.2) is 0 Å². The van der Waals surface area contributed by atoms with E-state index < -0.39 is 0 Å². The summed E-state index contributed by atoms with van der Waals surface area (Å²) in [5.41, 5.74) is 0. The predicted octanol–water partition coefficient (Wildman–Crippen LogP) is 0.974. The summed E-state index contributed by atoms with van der Waals surface area (Å²) in [6, 6.07) is 1.15. The normalized spacial score (nSPS) is 33.0. The molecule has 0 bridgehead atoms. The molecule has 0 amide bonds. The molecule has 0 radical (unpaired) electrons. The lowest BCUT2D eigenvalue weighted by molar-refractivity contribution is 0.142. The fraction of sp³-hybridized carbons (Fsp3) is 1.00. The van der Waals surface area contributed by atoms with Crippen LogP contribution in [-0.2, 0) is 0 Å². The van der Waals surface area contributed by atoms with Gasteiger partial charge >= 0.3 is 0 Å². The topological polar surface area (TPSA) is 35.5 Å². The zero-order chi connectivity index (χ0) is 10.7. The maximum atomic E-state index is 9.69. The second-order valence-electron chi connectivity index (χ2n) is 5.12. The first-order valence-corrected chi connectivity index (χ1v) is 6.39.